The van der Waals surface area contributed by atoms with Crippen molar-refractivity contribution in [3.05, 3.63) is 90.1 Å². The summed E-state index contributed by atoms with van der Waals surface area (Å²) in [6.45, 7) is 1.24. The van der Waals surface area contributed by atoms with Crippen molar-refractivity contribution in [3.8, 4) is 11.5 Å². The minimum absolute atomic E-state index is 0.0978. The number of carbonyl (C=O) groups excluding carboxylic acids is 1. The average Bonchev–Trinajstić information content (AvgIpc) is 3.34. The van der Waals surface area contributed by atoms with E-state index in [0.29, 0.717) is 16.9 Å². The Morgan fingerprint density at radius 3 is 2.37 bits per heavy atom. The minimum Gasteiger partial charge on any atom is -0.508 e. The van der Waals surface area contributed by atoms with Crippen LogP contribution in [0, 0.1) is 0 Å². The van der Waals surface area contributed by atoms with Gasteiger partial charge in [-0.15, -0.1) is 0 Å². The van der Waals surface area contributed by atoms with Crippen molar-refractivity contribution < 1.29 is 28.3 Å². The van der Waals surface area contributed by atoms with Gasteiger partial charge in [0.1, 0.15) is 17.0 Å². The predicted molar refractivity (Wildman–Crippen MR) is 129 cm³/mol. The molecule has 1 amide bonds. The number of hydrogen-bond acceptors (Lipinski definition) is 6. The molecule has 182 valence electrons. The number of sulfonamides is 1. The van der Waals surface area contributed by atoms with Gasteiger partial charge in [-0.05, 0) is 78.0 Å². The van der Waals surface area contributed by atoms with Gasteiger partial charge in [0.25, 0.3) is 5.91 Å². The Labute approximate surface area is 202 Å². The van der Waals surface area contributed by atoms with Crippen LogP contribution in [-0.2, 0) is 26.9 Å². The maximum absolute atomic E-state index is 14.0. The number of phenolic OH excluding ortho intramolecular Hbond substituents is 1. The molecule has 1 heterocycles. The highest BCUT2D eigenvalue weighted by atomic mass is 32.2. The van der Waals surface area contributed by atoms with Gasteiger partial charge in [0.05, 0.1) is 12.0 Å². The van der Waals surface area contributed by atoms with E-state index in [1.54, 1.807) is 42.0 Å². The second-order valence-corrected chi connectivity index (χ2v) is 10.0. The second-order valence-electron chi connectivity index (χ2n) is 8.15. The molecule has 4 N–H and O–H groups in total. The number of methoxy groups -OCH3 is 1. The highest BCUT2D eigenvalue weighted by Crippen LogP contribution is 2.37. The molecule has 1 unspecified atom stereocenters. The van der Waals surface area contributed by atoms with Gasteiger partial charge in [0.15, 0.2) is 0 Å². The molecule has 0 spiro atoms. The summed E-state index contributed by atoms with van der Waals surface area (Å²) >= 11 is 0. The predicted octanol–water partition coefficient (Wildman–Crippen LogP) is 3.49. The van der Waals surface area contributed by atoms with Crippen molar-refractivity contribution >= 4 is 26.8 Å². The summed E-state index contributed by atoms with van der Waals surface area (Å²) in [5.41, 5.74) is 1.61. The molecule has 0 aliphatic heterocycles. The van der Waals surface area contributed by atoms with Gasteiger partial charge < -0.3 is 14.8 Å². The number of ether oxygens (including phenoxy) is 1. The molecule has 10 heteroatoms. The molecule has 0 saturated heterocycles. The third-order valence-electron chi connectivity index (χ3n) is 6.06. The number of rotatable bonds is 8. The van der Waals surface area contributed by atoms with Crippen LogP contribution >= 0.6 is 0 Å². The monoisotopic (exact) mass is 495 g/mol. The first-order chi connectivity index (χ1) is 16.7. The van der Waals surface area contributed by atoms with Gasteiger partial charge in [-0.2, -0.15) is 4.31 Å². The van der Waals surface area contributed by atoms with Gasteiger partial charge in [-0.25, -0.2) is 13.9 Å². The quantitative estimate of drug-likeness (QED) is 0.219. The van der Waals surface area contributed by atoms with Gasteiger partial charge in [0.2, 0.25) is 10.0 Å². The van der Waals surface area contributed by atoms with E-state index in [1.807, 2.05) is 18.2 Å². The van der Waals surface area contributed by atoms with Crippen molar-refractivity contribution in [2.45, 2.75) is 23.9 Å². The number of aromatic nitrogens is 1. The molecule has 0 aliphatic rings. The number of nitrogens with one attached hydrogen (secondary N) is 2. The van der Waals surface area contributed by atoms with Crippen molar-refractivity contribution in [1.82, 2.24) is 14.8 Å². The van der Waals surface area contributed by atoms with Gasteiger partial charge in [0, 0.05) is 18.3 Å². The smallest absolute Gasteiger partial charge is 0.269 e. The Hall–Kier alpha value is -3.86. The molecule has 0 fully saturated rings. The van der Waals surface area contributed by atoms with E-state index in [0.717, 1.165) is 15.2 Å². The standard InChI is InChI=1S/C25H25N3O6S/c1-25(24(30)27-31,19-4-8-21(34-2)9-5-19)28(35(32,33)22-10-6-20(29)7-11-22)16-17-3-12-23-18(15-17)13-14-26-23/h3-15,26,29,31H,16H2,1-2H3,(H,27,30). The van der Waals surface area contributed by atoms with E-state index in [2.05, 4.69) is 4.98 Å². The number of hydroxylamine groups is 1. The second kappa shape index (κ2) is 9.41. The lowest BCUT2D eigenvalue weighted by Crippen LogP contribution is -2.55. The number of carbonyl (C=O) groups is 1. The Bertz CT molecular complexity index is 1450. The Kier molecular flexibility index (Phi) is 6.53. The summed E-state index contributed by atoms with van der Waals surface area (Å²) in [7, 11) is -2.83. The van der Waals surface area contributed by atoms with Crippen LogP contribution < -0.4 is 10.2 Å². The van der Waals surface area contributed by atoms with Crippen molar-refractivity contribution in [3.63, 3.8) is 0 Å². The number of aromatic hydroxyl groups is 1. The van der Waals surface area contributed by atoms with Crippen LogP contribution in [-0.4, -0.2) is 41.0 Å². The van der Waals surface area contributed by atoms with E-state index < -0.39 is 21.5 Å². The lowest BCUT2D eigenvalue weighted by atomic mass is 9.90. The third kappa shape index (κ3) is 4.46. The largest absolute Gasteiger partial charge is 0.508 e. The fourth-order valence-corrected chi connectivity index (χ4v) is 5.73. The minimum atomic E-state index is -4.32. The van der Waals surface area contributed by atoms with Crippen LogP contribution in [0.25, 0.3) is 10.9 Å². The molecule has 0 saturated carbocycles. The summed E-state index contributed by atoms with van der Waals surface area (Å²) in [6.07, 6.45) is 1.78. The number of amides is 1. The molecule has 3 aromatic carbocycles. The molecule has 0 radical (unpaired) electrons. The number of fused-ring (bicyclic) bond motifs is 1. The topological polar surface area (TPSA) is 132 Å². The zero-order valence-electron chi connectivity index (χ0n) is 19.1. The molecule has 4 rings (SSSR count). The first-order valence-corrected chi connectivity index (χ1v) is 12.1. The van der Waals surface area contributed by atoms with Crippen molar-refractivity contribution in [2.75, 3.05) is 7.11 Å². The number of hydrogen-bond donors (Lipinski definition) is 4. The van der Waals surface area contributed by atoms with E-state index in [1.165, 1.54) is 38.3 Å². The Balaban J connectivity index is 1.92. The molecular formula is C25H25N3O6S. The summed E-state index contributed by atoms with van der Waals surface area (Å²) in [5, 5.41) is 20.2. The number of benzene rings is 3. The SMILES string of the molecule is COc1ccc(C(C)(C(=O)NO)N(Cc2ccc3[nH]ccc3c2)S(=O)(=O)c2ccc(O)cc2)cc1. The molecule has 1 aromatic heterocycles. The van der Waals surface area contributed by atoms with E-state index >= 15 is 0 Å². The molecule has 4 aromatic rings. The van der Waals surface area contributed by atoms with Crippen molar-refractivity contribution in [2.24, 2.45) is 0 Å². The fraction of sp³-hybridized carbons (Fsp3) is 0.160. The Morgan fingerprint density at radius 2 is 1.74 bits per heavy atom. The number of phenols is 1. The zero-order valence-corrected chi connectivity index (χ0v) is 19.9. The molecular weight excluding hydrogens is 470 g/mol. The first kappa shape index (κ1) is 24.3. The maximum atomic E-state index is 14.0. The third-order valence-corrected chi connectivity index (χ3v) is 8.01. The first-order valence-electron chi connectivity index (χ1n) is 10.7. The number of nitrogens with zero attached hydrogens (tertiary/aromatic N) is 1. The summed E-state index contributed by atoms with van der Waals surface area (Å²) in [4.78, 5) is 16.1. The van der Waals surface area contributed by atoms with Gasteiger partial charge in [-0.3, -0.25) is 10.0 Å². The molecule has 1 atom stereocenters. The van der Waals surface area contributed by atoms with Crippen LogP contribution in [0.3, 0.4) is 0 Å². The van der Waals surface area contributed by atoms with Crippen LogP contribution in [0.1, 0.15) is 18.1 Å². The normalized spacial score (nSPS) is 13.5. The summed E-state index contributed by atoms with van der Waals surface area (Å²) in [5.74, 6) is -0.515. The molecule has 35 heavy (non-hydrogen) atoms. The van der Waals surface area contributed by atoms with Crippen LogP contribution in [0.4, 0.5) is 0 Å². The van der Waals surface area contributed by atoms with Crippen LogP contribution in [0.5, 0.6) is 11.5 Å². The van der Waals surface area contributed by atoms with Gasteiger partial charge in [-0.1, -0.05) is 18.2 Å². The lowest BCUT2D eigenvalue weighted by Gasteiger charge is -2.39. The molecule has 9 nitrogen and oxygen atoms in total. The summed E-state index contributed by atoms with van der Waals surface area (Å²) < 4.78 is 34.2. The van der Waals surface area contributed by atoms with Crippen LogP contribution in [0.2, 0.25) is 0 Å². The maximum Gasteiger partial charge on any atom is 0.269 e. The highest BCUT2D eigenvalue weighted by molar-refractivity contribution is 7.89. The van der Waals surface area contributed by atoms with E-state index in [4.69, 9.17) is 4.74 Å². The number of H-pyrrole nitrogens is 1. The highest BCUT2D eigenvalue weighted by Gasteiger charge is 2.48. The Morgan fingerprint density at radius 1 is 1.06 bits per heavy atom. The van der Waals surface area contributed by atoms with Crippen LogP contribution in [0.15, 0.2) is 83.9 Å². The fourth-order valence-electron chi connectivity index (χ4n) is 4.01. The molecule has 0 bridgehead atoms. The van der Waals surface area contributed by atoms with Crippen molar-refractivity contribution in [1.29, 1.82) is 0 Å². The average molecular weight is 496 g/mol. The zero-order chi connectivity index (χ0) is 25.2. The van der Waals surface area contributed by atoms with E-state index in [9.17, 15) is 23.5 Å². The van der Waals surface area contributed by atoms with Gasteiger partial charge >= 0.3 is 0 Å². The number of aromatic amines is 1. The van der Waals surface area contributed by atoms with E-state index in [-0.39, 0.29) is 17.2 Å². The lowest BCUT2D eigenvalue weighted by molar-refractivity contribution is -0.139. The summed E-state index contributed by atoms with van der Waals surface area (Å²) in [6, 6.07) is 18.7. The molecule has 0 aliphatic carbocycles.